The van der Waals surface area contributed by atoms with E-state index in [2.05, 4.69) is 4.98 Å². The number of aliphatic carboxylic acids is 1. The number of benzene rings is 2. The van der Waals surface area contributed by atoms with Gasteiger partial charge in [0.05, 0.1) is 18.5 Å². The van der Waals surface area contributed by atoms with E-state index in [1.165, 1.54) is 30.3 Å². The zero-order chi connectivity index (χ0) is 25.6. The number of aromatic nitrogens is 1. The molecule has 0 bridgehead atoms. The average Bonchev–Trinajstić information content (AvgIpc) is 2.85. The molecule has 0 saturated carbocycles. The van der Waals surface area contributed by atoms with Gasteiger partial charge in [-0.3, -0.25) is 0 Å². The Bertz CT molecular complexity index is 1170. The van der Waals surface area contributed by atoms with Gasteiger partial charge in [0.25, 0.3) is 0 Å². The van der Waals surface area contributed by atoms with Crippen LogP contribution in [0.1, 0.15) is 37.9 Å². The fourth-order valence-corrected chi connectivity index (χ4v) is 5.52. The molecule has 2 N–H and O–H groups in total. The Labute approximate surface area is 205 Å². The molecule has 8 heteroatoms. The molecule has 3 unspecified atom stereocenters. The minimum absolute atomic E-state index is 0.0507. The van der Waals surface area contributed by atoms with Gasteiger partial charge < -0.3 is 10.2 Å². The van der Waals surface area contributed by atoms with Gasteiger partial charge in [-0.2, -0.15) is 0 Å². The molecule has 1 aromatic heterocycles. The molecular formula is C27H30FNO5P+. The highest BCUT2D eigenvalue weighted by molar-refractivity contribution is 7.42. The molecule has 184 valence electrons. The molecule has 1 heterocycles. The number of nitrogens with zero attached hydrogens (tertiary/aromatic N) is 1. The van der Waals surface area contributed by atoms with Crippen LogP contribution in [0.15, 0.2) is 72.8 Å². The van der Waals surface area contributed by atoms with Crippen molar-refractivity contribution in [2.24, 2.45) is 5.92 Å². The number of carbonyl (C=O) groups is 1. The number of hydrogen-bond donors (Lipinski definition) is 2. The molecule has 3 rings (SSSR count). The van der Waals surface area contributed by atoms with Crippen molar-refractivity contribution in [1.29, 1.82) is 0 Å². The maximum atomic E-state index is 13.6. The number of rotatable bonds is 11. The molecule has 6 nitrogen and oxygen atoms in total. The van der Waals surface area contributed by atoms with E-state index in [9.17, 15) is 24.0 Å². The van der Waals surface area contributed by atoms with Gasteiger partial charge in [-0.05, 0) is 46.7 Å². The molecule has 0 aliphatic heterocycles. The van der Waals surface area contributed by atoms with Gasteiger partial charge in [0.1, 0.15) is 5.82 Å². The van der Waals surface area contributed by atoms with Crippen LogP contribution in [-0.2, 0) is 25.9 Å². The molecule has 35 heavy (non-hydrogen) atoms. The Kier molecular flexibility index (Phi) is 8.49. The summed E-state index contributed by atoms with van der Waals surface area (Å²) in [4.78, 5) is 17.6. The zero-order valence-corrected chi connectivity index (χ0v) is 20.9. The van der Waals surface area contributed by atoms with Gasteiger partial charge in [-0.15, -0.1) is 4.52 Å². The van der Waals surface area contributed by atoms with Crippen molar-refractivity contribution >= 4 is 14.0 Å². The summed E-state index contributed by atoms with van der Waals surface area (Å²) >= 11 is 0. The third-order valence-corrected chi connectivity index (χ3v) is 7.95. The van der Waals surface area contributed by atoms with Crippen LogP contribution in [0.5, 0.6) is 0 Å². The highest BCUT2D eigenvalue weighted by Crippen LogP contribution is 2.55. The van der Waals surface area contributed by atoms with Gasteiger partial charge in [0, 0.05) is 18.4 Å². The van der Waals surface area contributed by atoms with Crippen molar-refractivity contribution < 1.29 is 28.5 Å². The van der Waals surface area contributed by atoms with Crippen LogP contribution in [0.3, 0.4) is 0 Å². The fraction of sp³-hybridized carbons (Fsp3) is 0.333. The second-order valence-corrected chi connectivity index (χ2v) is 10.6. The minimum atomic E-state index is -2.89. The summed E-state index contributed by atoms with van der Waals surface area (Å²) in [6.45, 7) is 3.83. The molecule has 0 spiro atoms. The lowest BCUT2D eigenvalue weighted by atomic mass is 9.75. The summed E-state index contributed by atoms with van der Waals surface area (Å²) in [5, 5.41) is 20.7. The Morgan fingerprint density at radius 1 is 1.06 bits per heavy atom. The molecule has 0 aliphatic carbocycles. The monoisotopic (exact) mass is 498 g/mol. The third-order valence-electron chi connectivity index (χ3n) is 6.21. The quantitative estimate of drug-likeness (QED) is 0.316. The number of carboxylic acids is 1. The van der Waals surface area contributed by atoms with E-state index in [1.807, 2.05) is 44.2 Å². The SMILES string of the molecule is CO[P+](=O)C(CCC(C)C)(C(=O)O)C(O)(Cc1ccc(F)cc1)c1cccc(-c2ccccc2)n1. The first-order valence-corrected chi connectivity index (χ1v) is 12.6. The summed E-state index contributed by atoms with van der Waals surface area (Å²) in [5.74, 6) is -1.83. The summed E-state index contributed by atoms with van der Waals surface area (Å²) < 4.78 is 32.1. The second kappa shape index (κ2) is 11.2. The van der Waals surface area contributed by atoms with Crippen LogP contribution in [0.25, 0.3) is 11.3 Å². The van der Waals surface area contributed by atoms with Gasteiger partial charge >= 0.3 is 19.2 Å². The van der Waals surface area contributed by atoms with Gasteiger partial charge in [-0.1, -0.05) is 62.4 Å². The first-order chi connectivity index (χ1) is 16.6. The topological polar surface area (TPSA) is 96.7 Å². The lowest BCUT2D eigenvalue weighted by Gasteiger charge is -2.36. The normalized spacial score (nSPS) is 15.3. The van der Waals surface area contributed by atoms with Crippen LogP contribution < -0.4 is 0 Å². The minimum Gasteiger partial charge on any atom is -0.477 e. The van der Waals surface area contributed by atoms with Gasteiger partial charge in [-0.25, -0.2) is 14.2 Å². The molecule has 3 atom stereocenters. The van der Waals surface area contributed by atoms with Crippen molar-refractivity contribution in [3.63, 3.8) is 0 Å². The van der Waals surface area contributed by atoms with E-state index < -0.39 is 30.6 Å². The van der Waals surface area contributed by atoms with Crippen molar-refractivity contribution in [2.45, 2.75) is 43.9 Å². The fourth-order valence-electron chi connectivity index (χ4n) is 4.25. The second-order valence-electron chi connectivity index (χ2n) is 8.98. The predicted molar refractivity (Wildman–Crippen MR) is 133 cm³/mol. The lowest BCUT2D eigenvalue weighted by molar-refractivity contribution is -0.151. The van der Waals surface area contributed by atoms with Crippen molar-refractivity contribution in [1.82, 2.24) is 4.98 Å². The zero-order valence-electron chi connectivity index (χ0n) is 20.0. The number of carboxylic acid groups (broad SMARTS) is 1. The molecule has 0 amide bonds. The largest absolute Gasteiger partial charge is 0.529 e. The third kappa shape index (κ3) is 5.48. The maximum Gasteiger partial charge on any atom is 0.529 e. The molecule has 0 aliphatic rings. The van der Waals surface area contributed by atoms with Crippen LogP contribution >= 0.6 is 8.03 Å². The Balaban J connectivity index is 2.28. The summed E-state index contributed by atoms with van der Waals surface area (Å²) in [7, 11) is -1.72. The molecule has 2 aromatic carbocycles. The first-order valence-electron chi connectivity index (χ1n) is 11.4. The van der Waals surface area contributed by atoms with Crippen LogP contribution in [0, 0.1) is 11.7 Å². The number of hydrogen-bond acceptors (Lipinski definition) is 5. The molecule has 0 radical (unpaired) electrons. The summed E-state index contributed by atoms with van der Waals surface area (Å²) in [5.41, 5.74) is -0.417. The Hall–Kier alpha value is -2.99. The van der Waals surface area contributed by atoms with E-state index in [-0.39, 0.29) is 24.5 Å². The van der Waals surface area contributed by atoms with Crippen LogP contribution in [0.4, 0.5) is 4.39 Å². The smallest absolute Gasteiger partial charge is 0.477 e. The molecule has 0 saturated heterocycles. The highest BCUT2D eigenvalue weighted by atomic mass is 31.1. The first kappa shape index (κ1) is 26.6. The Morgan fingerprint density at radius 2 is 1.71 bits per heavy atom. The lowest BCUT2D eigenvalue weighted by Crippen LogP contribution is -2.56. The number of halogens is 1. The van der Waals surface area contributed by atoms with Gasteiger partial charge in [0.2, 0.25) is 0 Å². The summed E-state index contributed by atoms with van der Waals surface area (Å²) in [6, 6.07) is 19.6. The van der Waals surface area contributed by atoms with E-state index in [1.54, 1.807) is 12.1 Å². The summed E-state index contributed by atoms with van der Waals surface area (Å²) in [6.07, 6.45) is 0.00612. The molecule has 0 fully saturated rings. The van der Waals surface area contributed by atoms with Crippen molar-refractivity contribution in [3.05, 3.63) is 89.9 Å². The van der Waals surface area contributed by atoms with Crippen molar-refractivity contribution in [3.8, 4) is 11.3 Å². The average molecular weight is 499 g/mol. The highest BCUT2D eigenvalue weighted by Gasteiger charge is 2.72. The van der Waals surface area contributed by atoms with Crippen LogP contribution in [0.2, 0.25) is 0 Å². The number of aliphatic hydroxyl groups is 1. The predicted octanol–water partition coefficient (Wildman–Crippen LogP) is 5.97. The standard InChI is InChI=1S/C27H29FNO5P/c1-19(2)16-17-27(25(30)31,35(33)34-3)26(32,18-20-12-14-22(28)15-13-20)24-11-7-10-23(29-24)21-8-5-4-6-9-21/h4-15,19,32H,16-18H2,1-3H3/p+1. The Morgan fingerprint density at radius 3 is 2.29 bits per heavy atom. The van der Waals surface area contributed by atoms with Crippen molar-refractivity contribution in [2.75, 3.05) is 7.11 Å². The van der Waals surface area contributed by atoms with Gasteiger partial charge in [0.15, 0.2) is 5.60 Å². The van der Waals surface area contributed by atoms with E-state index in [0.29, 0.717) is 17.7 Å². The van der Waals surface area contributed by atoms with Crippen LogP contribution in [-0.4, -0.2) is 33.4 Å². The van der Waals surface area contributed by atoms with E-state index >= 15 is 0 Å². The maximum absolute atomic E-state index is 13.6. The van der Waals surface area contributed by atoms with E-state index in [0.717, 1.165) is 12.7 Å². The molecular weight excluding hydrogens is 468 g/mol. The van der Waals surface area contributed by atoms with E-state index in [4.69, 9.17) is 4.52 Å². The number of pyridine rings is 1. The molecule has 3 aromatic rings.